The molecule has 5 heteroatoms. The molecule has 110 valence electrons. The Morgan fingerprint density at radius 2 is 2.00 bits per heavy atom. The number of ether oxygens (including phenoxy) is 1. The van der Waals surface area contributed by atoms with Crippen molar-refractivity contribution in [1.29, 1.82) is 0 Å². The molecule has 2 N–H and O–H groups in total. The third-order valence-corrected chi connectivity index (χ3v) is 2.80. The third kappa shape index (κ3) is 4.21. The van der Waals surface area contributed by atoms with E-state index >= 15 is 0 Å². The number of nitrogens with zero attached hydrogens (tertiary/aromatic N) is 1. The van der Waals surface area contributed by atoms with E-state index in [9.17, 15) is 4.79 Å². The van der Waals surface area contributed by atoms with Crippen molar-refractivity contribution in [2.24, 2.45) is 0 Å². The van der Waals surface area contributed by atoms with E-state index in [0.717, 1.165) is 11.3 Å². The molecule has 1 heterocycles. The molecule has 0 aliphatic heterocycles. The molecule has 1 aromatic carbocycles. The van der Waals surface area contributed by atoms with Gasteiger partial charge in [0.2, 0.25) is 5.88 Å². The van der Waals surface area contributed by atoms with Crippen LogP contribution in [-0.4, -0.2) is 22.2 Å². The zero-order valence-electron chi connectivity index (χ0n) is 12.0. The fourth-order valence-corrected chi connectivity index (χ4v) is 1.80. The summed E-state index contributed by atoms with van der Waals surface area (Å²) >= 11 is 0. The number of aromatic nitrogens is 1. The predicted molar refractivity (Wildman–Crippen MR) is 80.7 cm³/mol. The molecule has 1 aromatic heterocycles. The Hall–Kier alpha value is -2.56. The maximum Gasteiger partial charge on any atom is 0.335 e. The quantitative estimate of drug-likeness (QED) is 0.853. The Morgan fingerprint density at radius 3 is 2.62 bits per heavy atom. The number of rotatable bonds is 6. The van der Waals surface area contributed by atoms with Crippen molar-refractivity contribution < 1.29 is 14.6 Å². The largest absolute Gasteiger partial charge is 0.478 e. The lowest BCUT2D eigenvalue weighted by Crippen LogP contribution is -2.10. The molecule has 0 amide bonds. The van der Waals surface area contributed by atoms with Gasteiger partial charge in [-0.05, 0) is 43.7 Å². The molecular formula is C16H18N2O3. The summed E-state index contributed by atoms with van der Waals surface area (Å²) in [6, 6.07) is 10.5. The summed E-state index contributed by atoms with van der Waals surface area (Å²) in [7, 11) is 0. The van der Waals surface area contributed by atoms with Crippen LogP contribution in [0.1, 0.15) is 29.8 Å². The molecule has 2 rings (SSSR count). The lowest BCUT2D eigenvalue weighted by atomic mass is 10.1. The van der Waals surface area contributed by atoms with Gasteiger partial charge in [0.15, 0.2) is 0 Å². The second-order valence-electron chi connectivity index (χ2n) is 4.88. The van der Waals surface area contributed by atoms with Gasteiger partial charge in [0, 0.05) is 12.7 Å². The lowest BCUT2D eigenvalue weighted by Gasteiger charge is -2.14. The summed E-state index contributed by atoms with van der Waals surface area (Å²) in [4.78, 5) is 15.0. The molecule has 0 unspecified atom stereocenters. The molecule has 0 radical (unpaired) electrons. The van der Waals surface area contributed by atoms with E-state index in [2.05, 4.69) is 10.3 Å². The average molecular weight is 286 g/mol. The van der Waals surface area contributed by atoms with Crippen LogP contribution >= 0.6 is 0 Å². The van der Waals surface area contributed by atoms with Crippen LogP contribution in [0.2, 0.25) is 0 Å². The van der Waals surface area contributed by atoms with Gasteiger partial charge in [0.25, 0.3) is 0 Å². The van der Waals surface area contributed by atoms with Crippen LogP contribution in [0.3, 0.4) is 0 Å². The van der Waals surface area contributed by atoms with E-state index < -0.39 is 5.97 Å². The van der Waals surface area contributed by atoms with Crippen LogP contribution in [0.4, 0.5) is 5.69 Å². The number of hydrogen-bond acceptors (Lipinski definition) is 4. The summed E-state index contributed by atoms with van der Waals surface area (Å²) < 4.78 is 5.63. The maximum atomic E-state index is 10.8. The fraction of sp³-hybridized carbons (Fsp3) is 0.250. The second kappa shape index (κ2) is 6.74. The summed E-state index contributed by atoms with van der Waals surface area (Å²) in [6.07, 6.45) is 1.74. The predicted octanol–water partition coefficient (Wildman–Crippen LogP) is 3.18. The highest BCUT2D eigenvalue weighted by Crippen LogP contribution is 2.22. The first-order valence-corrected chi connectivity index (χ1v) is 6.74. The maximum absolute atomic E-state index is 10.8. The molecule has 5 nitrogen and oxygen atoms in total. The molecule has 0 saturated carbocycles. The standard InChI is InChI=1S/C16H18N2O3/c1-11(2)21-15-14(4-3-9-17-15)18-10-12-5-7-13(8-6-12)16(19)20/h3-9,11,18H,10H2,1-2H3,(H,19,20). The zero-order chi connectivity index (χ0) is 15.2. The summed E-state index contributed by atoms with van der Waals surface area (Å²) in [6.45, 7) is 4.46. The van der Waals surface area contributed by atoms with Gasteiger partial charge in [-0.2, -0.15) is 0 Å². The van der Waals surface area contributed by atoms with Gasteiger partial charge >= 0.3 is 5.97 Å². The first kappa shape index (κ1) is 14.8. The minimum Gasteiger partial charge on any atom is -0.478 e. The van der Waals surface area contributed by atoms with Crippen molar-refractivity contribution in [3.8, 4) is 5.88 Å². The highest BCUT2D eigenvalue weighted by atomic mass is 16.5. The van der Waals surface area contributed by atoms with Crippen molar-refractivity contribution in [3.63, 3.8) is 0 Å². The Balaban J connectivity index is 2.04. The molecule has 0 spiro atoms. The van der Waals surface area contributed by atoms with Gasteiger partial charge in [-0.1, -0.05) is 12.1 Å². The summed E-state index contributed by atoms with van der Waals surface area (Å²) in [5.41, 5.74) is 2.08. The Kier molecular flexibility index (Phi) is 4.77. The van der Waals surface area contributed by atoms with Crippen molar-refractivity contribution in [2.45, 2.75) is 26.5 Å². The number of carboxylic acid groups (broad SMARTS) is 1. The number of hydrogen-bond donors (Lipinski definition) is 2. The molecule has 2 aromatic rings. The van der Waals surface area contributed by atoms with Crippen molar-refractivity contribution >= 4 is 11.7 Å². The minimum atomic E-state index is -0.922. The average Bonchev–Trinajstić information content (AvgIpc) is 2.46. The van der Waals surface area contributed by atoms with Gasteiger partial charge in [-0.15, -0.1) is 0 Å². The SMILES string of the molecule is CC(C)Oc1ncccc1NCc1ccc(C(=O)O)cc1. The van der Waals surface area contributed by atoms with E-state index in [0.29, 0.717) is 12.4 Å². The number of aromatic carboxylic acids is 1. The monoisotopic (exact) mass is 286 g/mol. The number of pyridine rings is 1. The number of carbonyl (C=O) groups is 1. The summed E-state index contributed by atoms with van der Waals surface area (Å²) in [5.74, 6) is -0.357. The summed E-state index contributed by atoms with van der Waals surface area (Å²) in [5, 5.41) is 12.1. The number of benzene rings is 1. The van der Waals surface area contributed by atoms with E-state index in [1.807, 2.05) is 26.0 Å². The molecule has 0 aliphatic rings. The highest BCUT2D eigenvalue weighted by Gasteiger charge is 2.07. The van der Waals surface area contributed by atoms with Crippen molar-refractivity contribution in [1.82, 2.24) is 4.98 Å². The molecule has 0 bridgehead atoms. The van der Waals surface area contributed by atoms with Gasteiger partial charge < -0.3 is 15.2 Å². The lowest BCUT2D eigenvalue weighted by molar-refractivity contribution is 0.0697. The zero-order valence-corrected chi connectivity index (χ0v) is 12.0. The van der Waals surface area contributed by atoms with Crippen LogP contribution < -0.4 is 10.1 Å². The second-order valence-corrected chi connectivity index (χ2v) is 4.88. The fourth-order valence-electron chi connectivity index (χ4n) is 1.80. The number of anilines is 1. The number of nitrogens with one attached hydrogen (secondary N) is 1. The first-order chi connectivity index (χ1) is 10.1. The van der Waals surface area contributed by atoms with E-state index in [1.165, 1.54) is 0 Å². The molecule has 21 heavy (non-hydrogen) atoms. The van der Waals surface area contributed by atoms with Crippen LogP contribution in [0.5, 0.6) is 5.88 Å². The van der Waals surface area contributed by atoms with Gasteiger partial charge in [0.1, 0.15) is 0 Å². The topological polar surface area (TPSA) is 71.5 Å². The van der Waals surface area contributed by atoms with Crippen LogP contribution in [0.15, 0.2) is 42.6 Å². The molecule has 0 fully saturated rings. The van der Waals surface area contributed by atoms with Gasteiger partial charge in [-0.25, -0.2) is 9.78 Å². The van der Waals surface area contributed by atoms with Crippen LogP contribution in [0.25, 0.3) is 0 Å². The normalized spacial score (nSPS) is 10.4. The first-order valence-electron chi connectivity index (χ1n) is 6.74. The minimum absolute atomic E-state index is 0.0512. The Morgan fingerprint density at radius 1 is 1.29 bits per heavy atom. The van der Waals surface area contributed by atoms with Gasteiger partial charge in [-0.3, -0.25) is 0 Å². The van der Waals surface area contributed by atoms with Crippen molar-refractivity contribution in [3.05, 3.63) is 53.7 Å². The van der Waals surface area contributed by atoms with Gasteiger partial charge in [0.05, 0.1) is 17.4 Å². The van der Waals surface area contributed by atoms with Crippen molar-refractivity contribution in [2.75, 3.05) is 5.32 Å². The smallest absolute Gasteiger partial charge is 0.335 e. The third-order valence-electron chi connectivity index (χ3n) is 2.80. The molecular weight excluding hydrogens is 268 g/mol. The molecule has 0 atom stereocenters. The highest BCUT2D eigenvalue weighted by molar-refractivity contribution is 5.87. The van der Waals surface area contributed by atoms with Crippen LogP contribution in [0, 0.1) is 0 Å². The number of carboxylic acids is 1. The van der Waals surface area contributed by atoms with E-state index in [-0.39, 0.29) is 11.7 Å². The van der Waals surface area contributed by atoms with Crippen LogP contribution in [-0.2, 0) is 6.54 Å². The molecule has 0 aliphatic carbocycles. The molecule has 0 saturated heterocycles. The Bertz CT molecular complexity index is 609. The Labute approximate surface area is 123 Å². The van der Waals surface area contributed by atoms with E-state index in [1.54, 1.807) is 30.5 Å². The van der Waals surface area contributed by atoms with E-state index in [4.69, 9.17) is 9.84 Å².